The molecule has 7 heteroatoms. The molecular weight excluding hydrogens is 372 g/mol. The third kappa shape index (κ3) is 4.60. The molecule has 2 aromatic carbocycles. The van der Waals surface area contributed by atoms with Gasteiger partial charge in [-0.15, -0.1) is 0 Å². The number of hydrogen-bond acceptors (Lipinski definition) is 3. The van der Waals surface area contributed by atoms with Crippen LogP contribution in [0.1, 0.15) is 20.9 Å². The van der Waals surface area contributed by atoms with Crippen molar-refractivity contribution in [3.05, 3.63) is 89.4 Å². The zero-order valence-corrected chi connectivity index (χ0v) is 14.6. The Balaban J connectivity index is 2.12. The normalized spacial score (nSPS) is 13.4. The van der Waals surface area contributed by atoms with E-state index in [9.17, 15) is 17.6 Å². The van der Waals surface area contributed by atoms with Crippen molar-refractivity contribution < 1.29 is 26.4 Å². The maximum Gasteiger partial charge on any atom is 0.436 e. The summed E-state index contributed by atoms with van der Waals surface area (Å²) >= 11 is 0. The fourth-order valence-electron chi connectivity index (χ4n) is 2.80. The number of rotatable bonds is 6. The molecule has 1 aromatic heterocycles. The standard InChI is InChI=1S/C21H18F4N2O/c1-28-20-18(12-17(22)19(26-20)21(23,24)25)27(13-15-8-4-2-5-9-15)14-16-10-6-3-7-11-16/h2-12H,13-14H2,1H3/i1D3. The predicted molar refractivity (Wildman–Crippen MR) is 98.5 cm³/mol. The van der Waals surface area contributed by atoms with E-state index in [4.69, 9.17) is 8.85 Å². The van der Waals surface area contributed by atoms with Crippen molar-refractivity contribution in [2.24, 2.45) is 0 Å². The van der Waals surface area contributed by atoms with Crippen molar-refractivity contribution in [1.29, 1.82) is 0 Å². The Kier molecular flexibility index (Phi) is 4.71. The molecule has 3 aromatic rings. The molecule has 0 fully saturated rings. The van der Waals surface area contributed by atoms with E-state index >= 15 is 0 Å². The van der Waals surface area contributed by atoms with Gasteiger partial charge in [-0.05, 0) is 11.1 Å². The Bertz CT molecular complexity index is 971. The van der Waals surface area contributed by atoms with Gasteiger partial charge in [0.05, 0.1) is 11.2 Å². The highest BCUT2D eigenvalue weighted by Crippen LogP contribution is 2.36. The summed E-state index contributed by atoms with van der Waals surface area (Å²) in [7, 11) is -3.08. The number of hydrogen-bond donors (Lipinski definition) is 0. The van der Waals surface area contributed by atoms with Crippen LogP contribution in [0, 0.1) is 5.82 Å². The second-order valence-electron chi connectivity index (χ2n) is 6.07. The lowest BCUT2D eigenvalue weighted by atomic mass is 10.1. The van der Waals surface area contributed by atoms with Gasteiger partial charge in [0.1, 0.15) is 5.69 Å². The van der Waals surface area contributed by atoms with Crippen LogP contribution < -0.4 is 9.64 Å². The van der Waals surface area contributed by atoms with Crippen molar-refractivity contribution in [1.82, 2.24) is 4.98 Å². The SMILES string of the molecule is [2H]C([2H])([2H])Oc1nc(C(F)(F)F)c(F)cc1N(Cc1ccccc1)Cc1ccccc1. The minimum Gasteiger partial charge on any atom is -0.480 e. The number of benzene rings is 2. The second-order valence-corrected chi connectivity index (χ2v) is 6.07. The van der Waals surface area contributed by atoms with Gasteiger partial charge in [-0.1, -0.05) is 60.7 Å². The number of alkyl halides is 3. The first-order valence-electron chi connectivity index (χ1n) is 9.82. The molecule has 0 unspecified atom stereocenters. The largest absolute Gasteiger partial charge is 0.480 e. The maximum absolute atomic E-state index is 14.4. The van der Waals surface area contributed by atoms with Crippen molar-refractivity contribution in [2.45, 2.75) is 19.3 Å². The second kappa shape index (κ2) is 8.29. The highest BCUT2D eigenvalue weighted by atomic mass is 19.4. The molecule has 0 bridgehead atoms. The number of aromatic nitrogens is 1. The van der Waals surface area contributed by atoms with Gasteiger partial charge in [-0.25, -0.2) is 9.37 Å². The summed E-state index contributed by atoms with van der Waals surface area (Å²) in [5, 5.41) is 0. The first-order valence-corrected chi connectivity index (χ1v) is 8.32. The number of nitrogens with zero attached hydrogens (tertiary/aromatic N) is 2. The van der Waals surface area contributed by atoms with E-state index in [1.165, 1.54) is 4.90 Å². The lowest BCUT2D eigenvalue weighted by Gasteiger charge is -2.27. The summed E-state index contributed by atoms with van der Waals surface area (Å²) in [6.07, 6.45) is -5.11. The number of anilines is 1. The summed E-state index contributed by atoms with van der Waals surface area (Å²) in [6, 6.07) is 18.5. The minimum absolute atomic E-state index is 0.152. The predicted octanol–water partition coefficient (Wildman–Crippen LogP) is 5.45. The Morgan fingerprint density at radius 2 is 1.50 bits per heavy atom. The molecule has 28 heavy (non-hydrogen) atoms. The van der Waals surface area contributed by atoms with Crippen LogP contribution in [-0.4, -0.2) is 12.0 Å². The van der Waals surface area contributed by atoms with Crippen molar-refractivity contribution >= 4 is 5.69 Å². The third-order valence-electron chi connectivity index (χ3n) is 4.06. The third-order valence-corrected chi connectivity index (χ3v) is 4.06. The molecule has 3 nitrogen and oxygen atoms in total. The Morgan fingerprint density at radius 3 is 1.96 bits per heavy atom. The topological polar surface area (TPSA) is 25.4 Å². The van der Waals surface area contributed by atoms with Gasteiger partial charge in [0.15, 0.2) is 11.5 Å². The summed E-state index contributed by atoms with van der Waals surface area (Å²) in [6.45, 7) is 0.305. The van der Waals surface area contributed by atoms with E-state index in [1.807, 2.05) is 0 Å². The van der Waals surface area contributed by atoms with Gasteiger partial charge in [-0.3, -0.25) is 0 Å². The molecule has 0 amide bonds. The van der Waals surface area contributed by atoms with E-state index in [0.717, 1.165) is 11.1 Å². The summed E-state index contributed by atoms with van der Waals surface area (Å²) in [4.78, 5) is 4.72. The fourth-order valence-corrected chi connectivity index (χ4v) is 2.80. The summed E-state index contributed by atoms with van der Waals surface area (Å²) < 4.78 is 80.6. The summed E-state index contributed by atoms with van der Waals surface area (Å²) in [5.74, 6) is -2.44. The Labute approximate surface area is 164 Å². The number of pyridine rings is 1. The van der Waals surface area contributed by atoms with Crippen LogP contribution in [0.3, 0.4) is 0 Å². The molecule has 0 N–H and O–H groups in total. The van der Waals surface area contributed by atoms with Crippen LogP contribution in [0.5, 0.6) is 5.88 Å². The smallest absolute Gasteiger partial charge is 0.436 e. The van der Waals surface area contributed by atoms with Crippen LogP contribution in [0.4, 0.5) is 23.2 Å². The molecule has 0 radical (unpaired) electrons. The van der Waals surface area contributed by atoms with Gasteiger partial charge in [0, 0.05) is 19.2 Å². The quantitative estimate of drug-likeness (QED) is 0.521. The van der Waals surface area contributed by atoms with Gasteiger partial charge >= 0.3 is 6.18 Å². The number of methoxy groups -OCH3 is 1. The van der Waals surface area contributed by atoms with E-state index in [0.29, 0.717) is 6.07 Å². The van der Waals surface area contributed by atoms with Crippen LogP contribution in [0.2, 0.25) is 0 Å². The molecule has 3 rings (SSSR count). The Morgan fingerprint density at radius 1 is 0.964 bits per heavy atom. The zero-order valence-electron chi connectivity index (χ0n) is 17.6. The van der Waals surface area contributed by atoms with Gasteiger partial charge in [0.2, 0.25) is 5.88 Å². The highest BCUT2D eigenvalue weighted by Gasteiger charge is 2.38. The number of ether oxygens (including phenoxy) is 1. The van der Waals surface area contributed by atoms with Crippen LogP contribution in [-0.2, 0) is 19.3 Å². The zero-order chi connectivity index (χ0) is 22.6. The van der Waals surface area contributed by atoms with E-state index < -0.39 is 30.6 Å². The molecule has 0 aliphatic carbocycles. The van der Waals surface area contributed by atoms with E-state index in [1.54, 1.807) is 60.7 Å². The number of halogens is 4. The molecule has 0 aliphatic rings. The molecular formula is C21H18F4N2O. The van der Waals surface area contributed by atoms with E-state index in [2.05, 4.69) is 4.98 Å². The van der Waals surface area contributed by atoms with Crippen molar-refractivity contribution in [3.8, 4) is 5.88 Å². The highest BCUT2D eigenvalue weighted by molar-refractivity contribution is 5.57. The lowest BCUT2D eigenvalue weighted by Crippen LogP contribution is -2.24. The van der Waals surface area contributed by atoms with Gasteiger partial charge in [0.25, 0.3) is 0 Å². The average Bonchev–Trinajstić information content (AvgIpc) is 2.68. The maximum atomic E-state index is 14.4. The van der Waals surface area contributed by atoms with Crippen molar-refractivity contribution in [3.63, 3.8) is 0 Å². The van der Waals surface area contributed by atoms with Gasteiger partial charge < -0.3 is 9.64 Å². The first kappa shape index (κ1) is 15.9. The van der Waals surface area contributed by atoms with Crippen LogP contribution >= 0.6 is 0 Å². The van der Waals surface area contributed by atoms with Crippen LogP contribution in [0.25, 0.3) is 0 Å². The van der Waals surface area contributed by atoms with Crippen molar-refractivity contribution in [2.75, 3.05) is 11.9 Å². The van der Waals surface area contributed by atoms with Gasteiger partial charge in [-0.2, -0.15) is 13.2 Å². The van der Waals surface area contributed by atoms with Crippen LogP contribution in [0.15, 0.2) is 66.7 Å². The molecule has 0 atom stereocenters. The minimum atomic E-state index is -5.11. The lowest BCUT2D eigenvalue weighted by molar-refractivity contribution is -0.143. The molecule has 1 heterocycles. The molecule has 0 saturated heterocycles. The average molecular weight is 393 g/mol. The molecule has 0 aliphatic heterocycles. The molecule has 0 spiro atoms. The first-order chi connectivity index (χ1) is 14.5. The molecule has 0 saturated carbocycles. The summed E-state index contributed by atoms with van der Waals surface area (Å²) in [5.41, 5.74) is -0.485. The fraction of sp³-hybridized carbons (Fsp3) is 0.190. The monoisotopic (exact) mass is 393 g/mol. The molecule has 146 valence electrons. The van der Waals surface area contributed by atoms with E-state index in [-0.39, 0.29) is 18.8 Å². The Hall–Kier alpha value is -3.09.